The van der Waals surface area contributed by atoms with Gasteiger partial charge in [0.2, 0.25) is 0 Å². The quantitative estimate of drug-likeness (QED) is 0.858. The van der Waals surface area contributed by atoms with Crippen molar-refractivity contribution in [3.63, 3.8) is 0 Å². The number of hydrogen-bond donors (Lipinski definition) is 1. The van der Waals surface area contributed by atoms with Crippen LogP contribution in [0.25, 0.3) is 0 Å². The third kappa shape index (κ3) is 3.31. The van der Waals surface area contributed by atoms with Gasteiger partial charge in [-0.2, -0.15) is 0 Å². The van der Waals surface area contributed by atoms with Crippen LogP contribution in [0.3, 0.4) is 0 Å². The van der Waals surface area contributed by atoms with Crippen molar-refractivity contribution in [2.45, 2.75) is 44.6 Å². The molecule has 0 amide bonds. The Morgan fingerprint density at radius 1 is 1.50 bits per heavy atom. The lowest BCUT2D eigenvalue weighted by atomic mass is 9.94. The summed E-state index contributed by atoms with van der Waals surface area (Å²) < 4.78 is 1.23. The van der Waals surface area contributed by atoms with E-state index in [0.717, 1.165) is 12.0 Å². The van der Waals surface area contributed by atoms with Gasteiger partial charge in [0, 0.05) is 20.8 Å². The second-order valence-electron chi connectivity index (χ2n) is 4.71. The van der Waals surface area contributed by atoms with Gasteiger partial charge in [0.25, 0.3) is 0 Å². The molecule has 3 heteroatoms. The van der Waals surface area contributed by atoms with Crippen LogP contribution in [0.15, 0.2) is 15.9 Å². The summed E-state index contributed by atoms with van der Waals surface area (Å²) in [5.41, 5.74) is 0. The lowest BCUT2D eigenvalue weighted by molar-refractivity contribution is 0.360. The van der Waals surface area contributed by atoms with Crippen molar-refractivity contribution in [1.82, 2.24) is 5.32 Å². The van der Waals surface area contributed by atoms with Crippen LogP contribution < -0.4 is 5.32 Å². The van der Waals surface area contributed by atoms with E-state index in [1.54, 1.807) is 0 Å². The van der Waals surface area contributed by atoms with Gasteiger partial charge < -0.3 is 5.32 Å². The molecular formula is C13H20BrNS. The van der Waals surface area contributed by atoms with Gasteiger partial charge >= 0.3 is 0 Å². The highest BCUT2D eigenvalue weighted by Crippen LogP contribution is 2.30. The van der Waals surface area contributed by atoms with Crippen LogP contribution in [0.2, 0.25) is 0 Å². The number of halogens is 1. The number of hydrogen-bond acceptors (Lipinski definition) is 2. The molecule has 1 aromatic rings. The van der Waals surface area contributed by atoms with E-state index in [1.807, 2.05) is 11.3 Å². The maximum Gasteiger partial charge on any atom is 0.0285 e. The van der Waals surface area contributed by atoms with Gasteiger partial charge in [0.05, 0.1) is 0 Å². The number of aryl methyl sites for hydroxylation is 1. The average molecular weight is 302 g/mol. The Bertz CT molecular complexity index is 317. The molecule has 0 bridgehead atoms. The molecule has 1 aliphatic carbocycles. The van der Waals surface area contributed by atoms with Gasteiger partial charge in [0.1, 0.15) is 0 Å². The zero-order valence-corrected chi connectivity index (χ0v) is 12.2. The molecule has 0 spiro atoms. The fourth-order valence-electron chi connectivity index (χ4n) is 2.76. The van der Waals surface area contributed by atoms with Crippen LogP contribution in [-0.4, -0.2) is 13.1 Å². The van der Waals surface area contributed by atoms with Gasteiger partial charge in [-0.3, -0.25) is 0 Å². The van der Waals surface area contributed by atoms with Crippen LogP contribution in [-0.2, 0) is 6.42 Å². The summed E-state index contributed by atoms with van der Waals surface area (Å²) in [5, 5.41) is 5.69. The molecule has 0 radical (unpaired) electrons. The second-order valence-corrected chi connectivity index (χ2v) is 6.62. The number of nitrogens with one attached hydrogen (secondary N) is 1. The summed E-state index contributed by atoms with van der Waals surface area (Å²) in [4.78, 5) is 1.50. The van der Waals surface area contributed by atoms with Crippen molar-refractivity contribution in [2.75, 3.05) is 7.05 Å². The number of thiophene rings is 1. The van der Waals surface area contributed by atoms with Crippen molar-refractivity contribution in [2.24, 2.45) is 5.92 Å². The molecule has 1 unspecified atom stereocenters. The summed E-state index contributed by atoms with van der Waals surface area (Å²) >= 11 is 5.39. The molecule has 2 rings (SSSR count). The van der Waals surface area contributed by atoms with Gasteiger partial charge in [-0.1, -0.05) is 12.8 Å². The first kappa shape index (κ1) is 12.6. The first-order valence-corrected chi connectivity index (χ1v) is 7.87. The van der Waals surface area contributed by atoms with E-state index in [-0.39, 0.29) is 0 Å². The monoisotopic (exact) mass is 301 g/mol. The van der Waals surface area contributed by atoms with Gasteiger partial charge in [-0.15, -0.1) is 11.3 Å². The van der Waals surface area contributed by atoms with Crippen LogP contribution >= 0.6 is 27.3 Å². The molecule has 1 aliphatic rings. The predicted molar refractivity (Wildman–Crippen MR) is 75.1 cm³/mol. The summed E-state index contributed by atoms with van der Waals surface area (Å²) in [7, 11) is 2.12. The number of rotatable bonds is 5. The standard InChI is InChI=1S/C13H20BrNS/c1-15-13(10-4-2-3-5-10)7-6-12-8-11(14)9-16-12/h8-10,13,15H,2-7H2,1H3. The summed E-state index contributed by atoms with van der Waals surface area (Å²) in [6.07, 6.45) is 8.24. The molecule has 1 N–H and O–H groups in total. The topological polar surface area (TPSA) is 12.0 Å². The molecule has 1 heterocycles. The smallest absolute Gasteiger partial charge is 0.0285 e. The van der Waals surface area contributed by atoms with E-state index in [2.05, 4.69) is 39.7 Å². The van der Waals surface area contributed by atoms with Gasteiger partial charge in [0.15, 0.2) is 0 Å². The Morgan fingerprint density at radius 2 is 2.25 bits per heavy atom. The van der Waals surface area contributed by atoms with Crippen LogP contribution in [0.1, 0.15) is 37.0 Å². The molecule has 0 saturated heterocycles. The Balaban J connectivity index is 1.82. The first-order chi connectivity index (χ1) is 7.79. The average Bonchev–Trinajstić information content (AvgIpc) is 2.91. The first-order valence-electron chi connectivity index (χ1n) is 6.20. The van der Waals surface area contributed by atoms with E-state index in [0.29, 0.717) is 0 Å². The van der Waals surface area contributed by atoms with Crippen molar-refractivity contribution in [1.29, 1.82) is 0 Å². The highest BCUT2D eigenvalue weighted by Gasteiger charge is 2.23. The van der Waals surface area contributed by atoms with E-state index in [4.69, 9.17) is 0 Å². The fraction of sp³-hybridized carbons (Fsp3) is 0.692. The van der Waals surface area contributed by atoms with Crippen molar-refractivity contribution < 1.29 is 0 Å². The molecule has 1 atom stereocenters. The highest BCUT2D eigenvalue weighted by molar-refractivity contribution is 9.10. The van der Waals surface area contributed by atoms with Crippen LogP contribution in [0.4, 0.5) is 0 Å². The maximum atomic E-state index is 3.52. The Kier molecular flexibility index (Phi) is 4.86. The fourth-order valence-corrected chi connectivity index (χ4v) is 4.23. The lowest BCUT2D eigenvalue weighted by Crippen LogP contribution is -2.32. The summed E-state index contributed by atoms with van der Waals surface area (Å²) in [5.74, 6) is 0.924. The highest BCUT2D eigenvalue weighted by atomic mass is 79.9. The molecular weight excluding hydrogens is 282 g/mol. The molecule has 0 aliphatic heterocycles. The van der Waals surface area contributed by atoms with E-state index in [9.17, 15) is 0 Å². The third-order valence-corrected chi connectivity index (χ3v) is 5.42. The van der Waals surface area contributed by atoms with Crippen LogP contribution in [0, 0.1) is 5.92 Å². The second kappa shape index (κ2) is 6.18. The third-order valence-electron chi connectivity index (χ3n) is 3.66. The molecule has 1 nitrogen and oxygen atoms in total. The van der Waals surface area contributed by atoms with Gasteiger partial charge in [-0.05, 0) is 60.6 Å². The SMILES string of the molecule is CNC(CCc1cc(Br)cs1)C1CCCC1. The zero-order chi connectivity index (χ0) is 11.4. The van der Waals surface area contributed by atoms with Crippen molar-refractivity contribution in [3.05, 3.63) is 20.8 Å². The van der Waals surface area contributed by atoms with Crippen molar-refractivity contribution in [3.8, 4) is 0 Å². The predicted octanol–water partition coefficient (Wildman–Crippen LogP) is 4.22. The minimum Gasteiger partial charge on any atom is -0.317 e. The van der Waals surface area contributed by atoms with Crippen LogP contribution in [0.5, 0.6) is 0 Å². The molecule has 90 valence electrons. The Hall–Kier alpha value is 0.140. The Labute approximate surface area is 111 Å². The molecule has 1 aromatic heterocycles. The minimum atomic E-state index is 0.725. The largest absolute Gasteiger partial charge is 0.317 e. The molecule has 1 saturated carbocycles. The van der Waals surface area contributed by atoms with E-state index < -0.39 is 0 Å². The molecule has 0 aromatic carbocycles. The zero-order valence-electron chi connectivity index (χ0n) is 9.84. The summed E-state index contributed by atoms with van der Waals surface area (Å²) in [6, 6.07) is 2.98. The maximum absolute atomic E-state index is 3.52. The molecule has 1 fully saturated rings. The summed E-state index contributed by atoms with van der Waals surface area (Å²) in [6.45, 7) is 0. The van der Waals surface area contributed by atoms with Gasteiger partial charge in [-0.25, -0.2) is 0 Å². The Morgan fingerprint density at radius 3 is 2.81 bits per heavy atom. The van der Waals surface area contributed by atoms with E-state index in [1.165, 1.54) is 47.9 Å². The lowest BCUT2D eigenvalue weighted by Gasteiger charge is -2.22. The normalized spacial score (nSPS) is 19.1. The molecule has 16 heavy (non-hydrogen) atoms. The van der Waals surface area contributed by atoms with E-state index >= 15 is 0 Å². The van der Waals surface area contributed by atoms with Crippen molar-refractivity contribution >= 4 is 27.3 Å². The minimum absolute atomic E-state index is 0.725.